The van der Waals surface area contributed by atoms with Gasteiger partial charge in [-0.05, 0) is 0 Å². The third-order valence-electron chi connectivity index (χ3n) is 2.63. The summed E-state index contributed by atoms with van der Waals surface area (Å²) in [4.78, 5) is 6.59. The number of aromatic nitrogens is 2. The smallest absolute Gasteiger partial charge is 0.205 e. The molecule has 2 rings (SSSR count). The van der Waals surface area contributed by atoms with E-state index in [-0.39, 0.29) is 12.6 Å². The lowest BCUT2D eigenvalue weighted by molar-refractivity contribution is 0.0727. The third kappa shape index (κ3) is 2.34. The first kappa shape index (κ1) is 11.8. The summed E-state index contributed by atoms with van der Waals surface area (Å²) in [5, 5.41) is 10.2. The highest BCUT2D eigenvalue weighted by atomic mass is 32.1. The van der Waals surface area contributed by atoms with Crippen LogP contribution in [0.25, 0.3) is 0 Å². The summed E-state index contributed by atoms with van der Waals surface area (Å²) in [5.74, 6) is 1.22. The molecule has 0 amide bonds. The maximum Gasteiger partial charge on any atom is 0.205 e. The third-order valence-corrected chi connectivity index (χ3v) is 3.40. The zero-order valence-corrected chi connectivity index (χ0v) is 10.4. The maximum atomic E-state index is 9.27. The average Bonchev–Trinajstić information content (AvgIpc) is 2.78. The Morgan fingerprint density at radius 2 is 2.44 bits per heavy atom. The van der Waals surface area contributed by atoms with Crippen molar-refractivity contribution in [2.45, 2.75) is 25.8 Å². The summed E-state index contributed by atoms with van der Waals surface area (Å²) in [7, 11) is 0. The minimum atomic E-state index is 0.0155. The average molecular weight is 243 g/mol. The summed E-state index contributed by atoms with van der Waals surface area (Å²) in [6.07, 6.45) is 0. The lowest BCUT2D eigenvalue weighted by Crippen LogP contribution is -2.47. The number of anilines is 1. The van der Waals surface area contributed by atoms with Gasteiger partial charge in [-0.25, -0.2) is 4.98 Å². The fourth-order valence-corrected chi connectivity index (χ4v) is 2.54. The fraction of sp³-hybridized carbons (Fsp3) is 0.800. The minimum Gasteiger partial charge on any atom is -0.394 e. The highest BCUT2D eigenvalue weighted by Gasteiger charge is 2.25. The molecule has 6 heteroatoms. The van der Waals surface area contributed by atoms with Gasteiger partial charge in [-0.1, -0.05) is 13.8 Å². The van der Waals surface area contributed by atoms with E-state index in [0.717, 1.165) is 17.5 Å². The summed E-state index contributed by atoms with van der Waals surface area (Å²) >= 11 is 1.40. The van der Waals surface area contributed by atoms with Gasteiger partial charge in [-0.15, -0.1) is 0 Å². The molecule has 1 aromatic heterocycles. The minimum absolute atomic E-state index is 0.0155. The Kier molecular flexibility index (Phi) is 3.73. The van der Waals surface area contributed by atoms with Crippen LogP contribution in [0, 0.1) is 0 Å². The number of aliphatic hydroxyl groups excluding tert-OH is 1. The van der Waals surface area contributed by atoms with Crippen LogP contribution in [-0.2, 0) is 4.74 Å². The van der Waals surface area contributed by atoms with Gasteiger partial charge in [0.2, 0.25) is 5.13 Å². The molecule has 1 aliphatic heterocycles. The predicted molar refractivity (Wildman–Crippen MR) is 63.0 cm³/mol. The summed E-state index contributed by atoms with van der Waals surface area (Å²) < 4.78 is 9.66. The van der Waals surface area contributed by atoms with Gasteiger partial charge in [0.05, 0.1) is 25.9 Å². The highest BCUT2D eigenvalue weighted by Crippen LogP contribution is 2.24. The normalized spacial score (nSPS) is 21.8. The Labute approximate surface area is 99.2 Å². The molecule has 0 saturated carbocycles. The van der Waals surface area contributed by atoms with Crippen molar-refractivity contribution in [2.75, 3.05) is 31.3 Å². The molecule has 0 aromatic carbocycles. The van der Waals surface area contributed by atoms with Crippen molar-refractivity contribution >= 4 is 16.7 Å². The number of hydrogen-bond acceptors (Lipinski definition) is 6. The van der Waals surface area contributed by atoms with Gasteiger partial charge in [0, 0.05) is 24.0 Å². The van der Waals surface area contributed by atoms with E-state index >= 15 is 0 Å². The van der Waals surface area contributed by atoms with E-state index in [9.17, 15) is 5.11 Å². The Morgan fingerprint density at radius 3 is 3.06 bits per heavy atom. The molecule has 1 unspecified atom stereocenters. The second-order valence-electron chi connectivity index (χ2n) is 4.19. The molecule has 1 aliphatic rings. The van der Waals surface area contributed by atoms with Crippen molar-refractivity contribution < 1.29 is 9.84 Å². The summed E-state index contributed by atoms with van der Waals surface area (Å²) in [5.41, 5.74) is 0. The first-order valence-electron chi connectivity index (χ1n) is 5.51. The van der Waals surface area contributed by atoms with Crippen LogP contribution in [-0.4, -0.2) is 46.9 Å². The van der Waals surface area contributed by atoms with Gasteiger partial charge in [0.15, 0.2) is 0 Å². The monoisotopic (exact) mass is 243 g/mol. The Hall–Kier alpha value is -0.720. The van der Waals surface area contributed by atoms with E-state index < -0.39 is 0 Å². The van der Waals surface area contributed by atoms with Crippen LogP contribution in [0.15, 0.2) is 0 Å². The van der Waals surface area contributed by atoms with E-state index in [2.05, 4.69) is 28.1 Å². The summed E-state index contributed by atoms with van der Waals surface area (Å²) in [6, 6.07) is 0.0155. The molecule has 1 aromatic rings. The molecule has 1 N–H and O–H groups in total. The molecular formula is C10H17N3O2S. The molecular weight excluding hydrogens is 226 g/mol. The first-order chi connectivity index (χ1) is 7.72. The van der Waals surface area contributed by atoms with Crippen LogP contribution in [0.3, 0.4) is 0 Å². The molecule has 0 aliphatic carbocycles. The van der Waals surface area contributed by atoms with Crippen molar-refractivity contribution in [3.05, 3.63) is 5.82 Å². The van der Waals surface area contributed by atoms with Crippen molar-refractivity contribution in [2.24, 2.45) is 0 Å². The van der Waals surface area contributed by atoms with E-state index in [1.165, 1.54) is 11.5 Å². The quantitative estimate of drug-likeness (QED) is 0.853. The van der Waals surface area contributed by atoms with Crippen LogP contribution in [0.2, 0.25) is 0 Å². The van der Waals surface area contributed by atoms with Crippen LogP contribution in [0.1, 0.15) is 25.6 Å². The Morgan fingerprint density at radius 1 is 1.62 bits per heavy atom. The van der Waals surface area contributed by atoms with E-state index in [4.69, 9.17) is 4.74 Å². The van der Waals surface area contributed by atoms with Gasteiger partial charge in [0.1, 0.15) is 5.82 Å². The molecule has 1 saturated heterocycles. The molecule has 0 bridgehead atoms. The Balaban J connectivity index is 2.14. The Bertz CT molecular complexity index is 343. The molecule has 0 spiro atoms. The maximum absolute atomic E-state index is 9.27. The van der Waals surface area contributed by atoms with Crippen molar-refractivity contribution in [3.63, 3.8) is 0 Å². The van der Waals surface area contributed by atoms with Crippen molar-refractivity contribution in [1.82, 2.24) is 9.36 Å². The van der Waals surface area contributed by atoms with Gasteiger partial charge < -0.3 is 14.7 Å². The number of rotatable bonds is 3. The summed E-state index contributed by atoms with van der Waals surface area (Å²) in [6.45, 7) is 6.28. The molecule has 90 valence electrons. The number of aliphatic hydroxyl groups is 1. The van der Waals surface area contributed by atoms with Crippen molar-refractivity contribution in [3.8, 4) is 0 Å². The van der Waals surface area contributed by atoms with Gasteiger partial charge in [-0.2, -0.15) is 4.37 Å². The van der Waals surface area contributed by atoms with E-state index in [1.54, 1.807) is 0 Å². The van der Waals surface area contributed by atoms with Crippen LogP contribution in [0.5, 0.6) is 0 Å². The zero-order chi connectivity index (χ0) is 11.5. The molecule has 1 fully saturated rings. The molecule has 16 heavy (non-hydrogen) atoms. The second kappa shape index (κ2) is 5.07. The van der Waals surface area contributed by atoms with Gasteiger partial charge in [-0.3, -0.25) is 0 Å². The topological polar surface area (TPSA) is 58.5 Å². The first-order valence-corrected chi connectivity index (χ1v) is 6.28. The van der Waals surface area contributed by atoms with E-state index in [1.807, 2.05) is 0 Å². The predicted octanol–water partition coefficient (Wildman–Crippen LogP) is 0.859. The van der Waals surface area contributed by atoms with Gasteiger partial charge in [0.25, 0.3) is 0 Å². The number of nitrogens with zero attached hydrogens (tertiary/aromatic N) is 3. The molecule has 2 heterocycles. The lowest BCUT2D eigenvalue weighted by atomic mass is 10.2. The second-order valence-corrected chi connectivity index (χ2v) is 4.92. The van der Waals surface area contributed by atoms with Crippen LogP contribution >= 0.6 is 11.5 Å². The molecule has 5 nitrogen and oxygen atoms in total. The lowest BCUT2D eigenvalue weighted by Gasteiger charge is -2.33. The van der Waals surface area contributed by atoms with Gasteiger partial charge >= 0.3 is 0 Å². The largest absolute Gasteiger partial charge is 0.394 e. The highest BCUT2D eigenvalue weighted by molar-refractivity contribution is 7.09. The van der Waals surface area contributed by atoms with Crippen molar-refractivity contribution in [1.29, 1.82) is 0 Å². The number of ether oxygens (including phenoxy) is 1. The standard InChI is InChI=1S/C10H17N3O2S/c1-7(2)9-11-10(16-12-9)13-3-4-15-6-8(13)5-14/h7-8,14H,3-6H2,1-2H3. The number of hydrogen-bond donors (Lipinski definition) is 1. The molecule has 1 atom stereocenters. The van der Waals surface area contributed by atoms with Crippen LogP contribution in [0.4, 0.5) is 5.13 Å². The van der Waals surface area contributed by atoms with E-state index in [0.29, 0.717) is 19.1 Å². The fourth-order valence-electron chi connectivity index (χ4n) is 1.64. The molecule has 0 radical (unpaired) electrons. The SMILES string of the molecule is CC(C)c1nsc(N2CCOCC2CO)n1. The number of morpholine rings is 1. The zero-order valence-electron chi connectivity index (χ0n) is 9.59. The van der Waals surface area contributed by atoms with Crippen LogP contribution < -0.4 is 4.90 Å².